The second kappa shape index (κ2) is 4.73. The molecule has 8 heteroatoms. The first-order valence-electron chi connectivity index (χ1n) is 5.80. The van der Waals surface area contributed by atoms with Gasteiger partial charge in [0.25, 0.3) is 5.56 Å². The van der Waals surface area contributed by atoms with Crippen LogP contribution in [0, 0.1) is 0 Å². The van der Waals surface area contributed by atoms with Gasteiger partial charge in [0.1, 0.15) is 5.69 Å². The van der Waals surface area contributed by atoms with Gasteiger partial charge in [0.15, 0.2) is 5.65 Å². The molecule has 1 N–H and O–H groups in total. The van der Waals surface area contributed by atoms with Crippen LogP contribution in [-0.4, -0.2) is 14.6 Å². The van der Waals surface area contributed by atoms with E-state index in [1.165, 1.54) is 6.07 Å². The van der Waals surface area contributed by atoms with E-state index < -0.39 is 17.4 Å². The van der Waals surface area contributed by atoms with Crippen molar-refractivity contribution in [3.8, 4) is 11.3 Å². The summed E-state index contributed by atoms with van der Waals surface area (Å²) in [4.78, 5) is 16.0. The molecule has 0 aliphatic heterocycles. The van der Waals surface area contributed by atoms with Gasteiger partial charge in [0.05, 0.1) is 5.69 Å². The number of hydrogen-bond donors (Lipinski definition) is 1. The third kappa shape index (κ3) is 2.58. The molecule has 0 saturated heterocycles. The zero-order valence-electron chi connectivity index (χ0n) is 10.3. The Labute approximate surface area is 124 Å². The average Bonchev–Trinajstić information content (AvgIpc) is 2.83. The summed E-state index contributed by atoms with van der Waals surface area (Å²) in [7, 11) is 0. The van der Waals surface area contributed by atoms with E-state index in [-0.39, 0.29) is 5.65 Å². The van der Waals surface area contributed by atoms with Crippen LogP contribution in [0.1, 0.15) is 5.69 Å². The smallest absolute Gasteiger partial charge is 0.285 e. The SMILES string of the molecule is O=c1cc(-c2cccc(Br)c2)nc2cc(C(F)(F)F)[nH]n12. The predicted octanol–water partition coefficient (Wildman–Crippen LogP) is 3.47. The number of halogens is 4. The molecular formula is C13H7BrF3N3O. The van der Waals surface area contributed by atoms with Gasteiger partial charge in [-0.1, -0.05) is 28.1 Å². The maximum absolute atomic E-state index is 12.7. The number of aromatic nitrogens is 3. The molecule has 21 heavy (non-hydrogen) atoms. The van der Waals surface area contributed by atoms with E-state index in [1.807, 2.05) is 5.10 Å². The highest BCUT2D eigenvalue weighted by molar-refractivity contribution is 9.10. The van der Waals surface area contributed by atoms with Gasteiger partial charge < -0.3 is 0 Å². The van der Waals surface area contributed by atoms with Crippen LogP contribution < -0.4 is 5.56 Å². The summed E-state index contributed by atoms with van der Waals surface area (Å²) in [6.45, 7) is 0. The van der Waals surface area contributed by atoms with Crippen molar-refractivity contribution in [3.63, 3.8) is 0 Å². The summed E-state index contributed by atoms with van der Waals surface area (Å²) >= 11 is 3.29. The molecule has 3 rings (SSSR count). The maximum Gasteiger partial charge on any atom is 0.432 e. The normalized spacial score (nSPS) is 12.0. The van der Waals surface area contributed by atoms with E-state index in [1.54, 1.807) is 24.3 Å². The van der Waals surface area contributed by atoms with Gasteiger partial charge in [0, 0.05) is 22.2 Å². The van der Waals surface area contributed by atoms with E-state index in [0.29, 0.717) is 11.3 Å². The molecule has 2 heterocycles. The molecule has 0 bridgehead atoms. The quantitative estimate of drug-likeness (QED) is 0.724. The number of nitrogens with one attached hydrogen (secondary N) is 1. The molecule has 0 unspecified atom stereocenters. The third-order valence-electron chi connectivity index (χ3n) is 2.88. The molecule has 0 radical (unpaired) electrons. The molecule has 0 aliphatic rings. The Balaban J connectivity index is 2.21. The number of hydrogen-bond acceptors (Lipinski definition) is 2. The average molecular weight is 358 g/mol. The lowest BCUT2D eigenvalue weighted by atomic mass is 10.1. The van der Waals surface area contributed by atoms with Crippen LogP contribution in [-0.2, 0) is 6.18 Å². The van der Waals surface area contributed by atoms with Crippen LogP contribution in [0.3, 0.4) is 0 Å². The van der Waals surface area contributed by atoms with Crippen molar-refractivity contribution >= 4 is 21.6 Å². The second-order valence-electron chi connectivity index (χ2n) is 4.35. The number of nitrogens with zero attached hydrogens (tertiary/aromatic N) is 2. The Morgan fingerprint density at radius 2 is 1.95 bits per heavy atom. The van der Waals surface area contributed by atoms with Crippen LogP contribution in [0.15, 0.2) is 45.7 Å². The number of rotatable bonds is 1. The molecule has 3 aromatic rings. The largest absolute Gasteiger partial charge is 0.432 e. The first-order chi connectivity index (χ1) is 9.84. The Kier molecular flexibility index (Phi) is 3.12. The summed E-state index contributed by atoms with van der Waals surface area (Å²) in [6, 6.07) is 9.00. The molecule has 108 valence electrons. The van der Waals surface area contributed by atoms with Crippen molar-refractivity contribution in [2.45, 2.75) is 6.18 Å². The monoisotopic (exact) mass is 357 g/mol. The van der Waals surface area contributed by atoms with Gasteiger partial charge in [0.2, 0.25) is 0 Å². The zero-order valence-corrected chi connectivity index (χ0v) is 11.9. The zero-order chi connectivity index (χ0) is 15.2. The molecule has 0 spiro atoms. The van der Waals surface area contributed by atoms with Crippen LogP contribution in [0.25, 0.3) is 16.9 Å². The van der Waals surface area contributed by atoms with E-state index in [2.05, 4.69) is 20.9 Å². The molecule has 0 saturated carbocycles. The van der Waals surface area contributed by atoms with Gasteiger partial charge in [-0.15, -0.1) is 0 Å². The number of H-pyrrole nitrogens is 1. The maximum atomic E-state index is 12.7. The van der Waals surface area contributed by atoms with Crippen molar-refractivity contribution in [3.05, 3.63) is 56.9 Å². The Morgan fingerprint density at radius 1 is 1.19 bits per heavy atom. The van der Waals surface area contributed by atoms with Crippen molar-refractivity contribution < 1.29 is 13.2 Å². The summed E-state index contributed by atoms with van der Waals surface area (Å²) < 4.78 is 39.5. The fraction of sp³-hybridized carbons (Fsp3) is 0.0769. The molecule has 0 amide bonds. The van der Waals surface area contributed by atoms with Gasteiger partial charge in [-0.3, -0.25) is 9.89 Å². The molecule has 4 nitrogen and oxygen atoms in total. The van der Waals surface area contributed by atoms with E-state index in [9.17, 15) is 18.0 Å². The fourth-order valence-electron chi connectivity index (χ4n) is 1.93. The first-order valence-corrected chi connectivity index (χ1v) is 6.60. The minimum absolute atomic E-state index is 0.0789. The van der Waals surface area contributed by atoms with Crippen LogP contribution in [0.5, 0.6) is 0 Å². The number of benzene rings is 1. The predicted molar refractivity (Wildman–Crippen MR) is 74.0 cm³/mol. The number of fused-ring (bicyclic) bond motifs is 1. The molecule has 1 aromatic carbocycles. The van der Waals surface area contributed by atoms with Crippen molar-refractivity contribution in [1.82, 2.24) is 14.6 Å². The van der Waals surface area contributed by atoms with E-state index in [0.717, 1.165) is 15.1 Å². The van der Waals surface area contributed by atoms with Crippen LogP contribution in [0.2, 0.25) is 0 Å². The van der Waals surface area contributed by atoms with Crippen molar-refractivity contribution in [2.75, 3.05) is 0 Å². The Morgan fingerprint density at radius 3 is 2.62 bits per heavy atom. The molecular weight excluding hydrogens is 351 g/mol. The van der Waals surface area contributed by atoms with Gasteiger partial charge in [-0.05, 0) is 12.1 Å². The highest BCUT2D eigenvalue weighted by atomic mass is 79.9. The number of aromatic amines is 1. The fourth-order valence-corrected chi connectivity index (χ4v) is 2.33. The minimum atomic E-state index is -4.56. The standard InChI is InChI=1S/C13H7BrF3N3O/c14-8-3-1-2-7(4-8)9-5-12(21)20-11(18-9)6-10(19-20)13(15,16)17/h1-6,19H. The van der Waals surface area contributed by atoms with Gasteiger partial charge >= 0.3 is 6.18 Å². The number of alkyl halides is 3. The first kappa shape index (κ1) is 13.9. The molecule has 0 aliphatic carbocycles. The van der Waals surface area contributed by atoms with Crippen molar-refractivity contribution in [2.24, 2.45) is 0 Å². The second-order valence-corrected chi connectivity index (χ2v) is 5.27. The lowest BCUT2D eigenvalue weighted by Crippen LogP contribution is -2.15. The van der Waals surface area contributed by atoms with Crippen molar-refractivity contribution in [1.29, 1.82) is 0 Å². The summed E-state index contributed by atoms with van der Waals surface area (Å²) in [6.07, 6.45) is -4.56. The summed E-state index contributed by atoms with van der Waals surface area (Å²) in [5.41, 5.74) is -0.749. The Hall–Kier alpha value is -2.09. The van der Waals surface area contributed by atoms with Crippen LogP contribution in [0.4, 0.5) is 13.2 Å². The highest BCUT2D eigenvalue weighted by Gasteiger charge is 2.33. The topological polar surface area (TPSA) is 50.2 Å². The highest BCUT2D eigenvalue weighted by Crippen LogP contribution is 2.28. The third-order valence-corrected chi connectivity index (χ3v) is 3.37. The molecule has 0 atom stereocenters. The summed E-state index contributed by atoms with van der Waals surface area (Å²) in [5, 5.41) is 2.00. The lowest BCUT2D eigenvalue weighted by molar-refractivity contribution is -0.141. The van der Waals surface area contributed by atoms with Crippen LogP contribution >= 0.6 is 15.9 Å². The van der Waals surface area contributed by atoms with Gasteiger partial charge in [-0.25, -0.2) is 9.50 Å². The Bertz CT molecular complexity index is 882. The van der Waals surface area contributed by atoms with Gasteiger partial charge in [-0.2, -0.15) is 13.2 Å². The molecule has 2 aromatic heterocycles. The summed E-state index contributed by atoms with van der Waals surface area (Å²) in [5.74, 6) is 0. The minimum Gasteiger partial charge on any atom is -0.285 e. The van der Waals surface area contributed by atoms with E-state index >= 15 is 0 Å². The molecule has 0 fully saturated rings. The lowest BCUT2D eigenvalue weighted by Gasteiger charge is -2.02. The van der Waals surface area contributed by atoms with E-state index in [4.69, 9.17) is 0 Å².